The summed E-state index contributed by atoms with van der Waals surface area (Å²) >= 11 is 15.2. The summed E-state index contributed by atoms with van der Waals surface area (Å²) in [5, 5.41) is 0. The first-order chi connectivity index (χ1) is 10.3. The minimum absolute atomic E-state index is 0.211. The Labute approximate surface area is 153 Å². The largest absolute Gasteiger partial charge is 0.466 e. The zero-order valence-electron chi connectivity index (χ0n) is 14.7. The van der Waals surface area contributed by atoms with Crippen molar-refractivity contribution in [3.8, 4) is 0 Å². The second-order valence-electron chi connectivity index (χ2n) is 3.56. The minimum atomic E-state index is -1.08. The van der Waals surface area contributed by atoms with Crippen LogP contribution in [0.5, 0.6) is 0 Å². The van der Waals surface area contributed by atoms with Crippen LogP contribution in [0.3, 0.4) is 0 Å². The predicted molar refractivity (Wildman–Crippen MR) is 92.9 cm³/mol. The SMILES string of the molecule is CC(Cl)(Cl)Cl.CCOC(C)=O.CCOC(C)=O.CCOC(C)=O. The van der Waals surface area contributed by atoms with Gasteiger partial charge in [0.1, 0.15) is 0 Å². The Hall–Kier alpha value is -0.720. The van der Waals surface area contributed by atoms with Crippen LogP contribution in [-0.2, 0) is 28.6 Å². The van der Waals surface area contributed by atoms with Crippen molar-refractivity contribution in [2.45, 2.75) is 52.3 Å². The quantitative estimate of drug-likeness (QED) is 0.405. The fourth-order valence-electron chi connectivity index (χ4n) is 0.610. The molecule has 0 heterocycles. The van der Waals surface area contributed by atoms with Crippen molar-refractivity contribution in [1.29, 1.82) is 0 Å². The smallest absolute Gasteiger partial charge is 0.302 e. The maximum Gasteiger partial charge on any atom is 0.302 e. The van der Waals surface area contributed by atoms with E-state index in [4.69, 9.17) is 34.8 Å². The maximum atomic E-state index is 9.82. The number of hydrogen-bond acceptors (Lipinski definition) is 6. The number of carbonyl (C=O) groups is 3. The molecule has 0 N–H and O–H groups in total. The van der Waals surface area contributed by atoms with Crippen molar-refractivity contribution >= 4 is 52.7 Å². The van der Waals surface area contributed by atoms with Crippen molar-refractivity contribution in [3.05, 3.63) is 0 Å². The lowest BCUT2D eigenvalue weighted by Crippen LogP contribution is -1.95. The van der Waals surface area contributed by atoms with Gasteiger partial charge in [0.25, 0.3) is 0 Å². The van der Waals surface area contributed by atoms with Crippen molar-refractivity contribution in [2.75, 3.05) is 19.8 Å². The molecule has 0 saturated heterocycles. The molecule has 0 aliphatic heterocycles. The Morgan fingerprint density at radius 2 is 0.826 bits per heavy atom. The molecule has 0 aromatic carbocycles. The first-order valence-electron chi connectivity index (χ1n) is 6.78. The second-order valence-corrected chi connectivity index (χ2v) is 6.40. The van der Waals surface area contributed by atoms with E-state index < -0.39 is 3.79 Å². The van der Waals surface area contributed by atoms with Crippen molar-refractivity contribution in [3.63, 3.8) is 0 Å². The van der Waals surface area contributed by atoms with Crippen LogP contribution in [0.25, 0.3) is 0 Å². The summed E-state index contributed by atoms with van der Waals surface area (Å²) in [5.74, 6) is -0.632. The zero-order chi connectivity index (χ0) is 19.5. The molecule has 0 radical (unpaired) electrons. The summed E-state index contributed by atoms with van der Waals surface area (Å²) in [7, 11) is 0. The Balaban J connectivity index is -0.000000105. The maximum absolute atomic E-state index is 9.82. The van der Waals surface area contributed by atoms with Crippen LogP contribution in [0.15, 0.2) is 0 Å². The van der Waals surface area contributed by atoms with Crippen LogP contribution >= 0.6 is 34.8 Å². The normalized spacial score (nSPS) is 8.61. The average Bonchev–Trinajstić information content (AvgIpc) is 2.27. The molecule has 0 fully saturated rings. The predicted octanol–water partition coefficient (Wildman–Crippen LogP) is 4.08. The van der Waals surface area contributed by atoms with E-state index in [1.807, 2.05) is 0 Å². The highest BCUT2D eigenvalue weighted by Gasteiger charge is 2.07. The molecule has 0 rings (SSSR count). The van der Waals surface area contributed by atoms with Crippen molar-refractivity contribution in [2.24, 2.45) is 0 Å². The summed E-state index contributed by atoms with van der Waals surface area (Å²) in [6, 6.07) is 0. The van der Waals surface area contributed by atoms with Gasteiger partial charge in [0, 0.05) is 20.8 Å². The molecule has 0 aliphatic rings. The van der Waals surface area contributed by atoms with Gasteiger partial charge in [0.15, 0.2) is 3.79 Å². The van der Waals surface area contributed by atoms with Crippen molar-refractivity contribution in [1.82, 2.24) is 0 Å². The van der Waals surface area contributed by atoms with Gasteiger partial charge in [-0.05, 0) is 27.7 Å². The molecule has 0 saturated carbocycles. The highest BCUT2D eigenvalue weighted by Crippen LogP contribution is 2.23. The van der Waals surface area contributed by atoms with Gasteiger partial charge in [-0.25, -0.2) is 0 Å². The number of rotatable bonds is 3. The molecule has 0 aromatic heterocycles. The molecule has 0 bridgehead atoms. The lowest BCUT2D eigenvalue weighted by atomic mass is 10.8. The van der Waals surface area contributed by atoms with Gasteiger partial charge in [-0.3, -0.25) is 14.4 Å². The molecule has 9 heteroatoms. The van der Waals surface area contributed by atoms with E-state index in [0.29, 0.717) is 19.8 Å². The molecule has 23 heavy (non-hydrogen) atoms. The van der Waals surface area contributed by atoms with E-state index in [1.165, 1.54) is 27.7 Å². The molecular weight excluding hydrogens is 371 g/mol. The van der Waals surface area contributed by atoms with E-state index in [0.717, 1.165) is 0 Å². The monoisotopic (exact) mass is 396 g/mol. The number of esters is 3. The number of hydrogen-bond donors (Lipinski definition) is 0. The first kappa shape index (κ1) is 30.2. The van der Waals surface area contributed by atoms with Crippen LogP contribution < -0.4 is 0 Å². The van der Waals surface area contributed by atoms with E-state index in [9.17, 15) is 14.4 Å². The molecule has 0 amide bonds. The van der Waals surface area contributed by atoms with Gasteiger partial charge < -0.3 is 14.2 Å². The fraction of sp³-hybridized carbons (Fsp3) is 0.786. The third-order valence-corrected chi connectivity index (χ3v) is 1.04. The third kappa shape index (κ3) is 115. The summed E-state index contributed by atoms with van der Waals surface area (Å²) < 4.78 is 12.1. The lowest BCUT2D eigenvalue weighted by molar-refractivity contribution is -0.141. The van der Waals surface area contributed by atoms with Crippen molar-refractivity contribution < 1.29 is 28.6 Å². The number of halogens is 3. The topological polar surface area (TPSA) is 78.9 Å². The van der Waals surface area contributed by atoms with Crippen LogP contribution in [0, 0.1) is 0 Å². The van der Waals surface area contributed by atoms with E-state index in [2.05, 4.69) is 14.2 Å². The van der Waals surface area contributed by atoms with Gasteiger partial charge in [0.05, 0.1) is 19.8 Å². The summed E-state index contributed by atoms with van der Waals surface area (Å²) in [5.41, 5.74) is 0. The number of alkyl halides is 3. The van der Waals surface area contributed by atoms with Gasteiger partial charge in [-0.2, -0.15) is 0 Å². The Morgan fingerprint density at radius 1 is 0.696 bits per heavy atom. The standard InChI is InChI=1S/3C4H8O2.C2H3Cl3/c3*1-3-6-4(2)5;1-2(3,4)5/h3*3H2,1-2H3;1H3. The average molecular weight is 398 g/mol. The molecule has 6 nitrogen and oxygen atoms in total. The summed E-state index contributed by atoms with van der Waals surface area (Å²) in [4.78, 5) is 29.5. The van der Waals surface area contributed by atoms with E-state index >= 15 is 0 Å². The van der Waals surface area contributed by atoms with E-state index in [-0.39, 0.29) is 17.9 Å². The molecule has 0 unspecified atom stereocenters. The van der Waals surface area contributed by atoms with E-state index in [1.54, 1.807) is 20.8 Å². The number of ether oxygens (including phenoxy) is 3. The highest BCUT2D eigenvalue weighted by molar-refractivity contribution is 6.67. The zero-order valence-corrected chi connectivity index (χ0v) is 17.0. The minimum Gasteiger partial charge on any atom is -0.466 e. The molecule has 0 atom stereocenters. The highest BCUT2D eigenvalue weighted by atomic mass is 35.6. The molecule has 140 valence electrons. The lowest BCUT2D eigenvalue weighted by Gasteiger charge is -1.94. The van der Waals surface area contributed by atoms with Crippen LogP contribution in [0.2, 0.25) is 0 Å². The molecule has 0 spiro atoms. The fourth-order valence-corrected chi connectivity index (χ4v) is 0.610. The summed E-state index contributed by atoms with van der Waals surface area (Å²) in [6.45, 7) is 12.4. The molecule has 0 aromatic rings. The van der Waals surface area contributed by atoms with Crippen LogP contribution in [0.4, 0.5) is 0 Å². The molecular formula is C14H27Cl3O6. The summed E-state index contributed by atoms with van der Waals surface area (Å²) in [6.07, 6.45) is 0. The van der Waals surface area contributed by atoms with Gasteiger partial charge >= 0.3 is 17.9 Å². The number of carbonyl (C=O) groups excluding carboxylic acids is 3. The Bertz CT molecular complexity index is 259. The second kappa shape index (κ2) is 21.3. The first-order valence-corrected chi connectivity index (χ1v) is 7.91. The van der Waals surface area contributed by atoms with Gasteiger partial charge in [0.2, 0.25) is 0 Å². The van der Waals surface area contributed by atoms with Gasteiger partial charge in [-0.1, -0.05) is 34.8 Å². The Kier molecular flexibility index (Phi) is 27.9. The third-order valence-electron chi connectivity index (χ3n) is 1.04. The Morgan fingerprint density at radius 3 is 0.826 bits per heavy atom. The van der Waals surface area contributed by atoms with Gasteiger partial charge in [-0.15, -0.1) is 0 Å². The van der Waals surface area contributed by atoms with Crippen LogP contribution in [0.1, 0.15) is 48.5 Å². The molecule has 0 aliphatic carbocycles. The van der Waals surface area contributed by atoms with Crippen LogP contribution in [-0.4, -0.2) is 41.5 Å².